The molecule has 0 fully saturated rings. The van der Waals surface area contributed by atoms with Gasteiger partial charge in [0.05, 0.1) is 11.3 Å². The van der Waals surface area contributed by atoms with Gasteiger partial charge in [-0.15, -0.1) is 23.8 Å². The van der Waals surface area contributed by atoms with E-state index in [0.29, 0.717) is 5.56 Å². The van der Waals surface area contributed by atoms with Gasteiger partial charge in [-0.2, -0.15) is 0 Å². The third kappa shape index (κ3) is 3.99. The maximum atomic E-state index is 14.7. The molecule has 1 aromatic heterocycles. The standard InChI is InChI=1S/C22H15FN.C5H8O2.Ir/c1-22(2)16-10-5-8-14-13-7-3-4-12-18(13)24-21(19(14)16)15-9-6-11-17(23)20(15)22;1-4(6)3-5(2)7;/h3-8,10-12H,1-2H3;3,6H,1-2H3;/q-1;;/b;4-3-;. The van der Waals surface area contributed by atoms with Crippen molar-refractivity contribution in [3.05, 3.63) is 89.4 Å². The van der Waals surface area contributed by atoms with Crippen molar-refractivity contribution >= 4 is 27.5 Å². The minimum atomic E-state index is -0.423. The Morgan fingerprint density at radius 3 is 2.41 bits per heavy atom. The van der Waals surface area contributed by atoms with Crippen LogP contribution in [0.15, 0.2) is 66.4 Å². The van der Waals surface area contributed by atoms with Crippen LogP contribution in [0.2, 0.25) is 0 Å². The Morgan fingerprint density at radius 1 is 1.06 bits per heavy atom. The summed E-state index contributed by atoms with van der Waals surface area (Å²) in [4.78, 5) is 14.9. The van der Waals surface area contributed by atoms with E-state index in [1.807, 2.05) is 18.2 Å². The summed E-state index contributed by atoms with van der Waals surface area (Å²) in [5.41, 5.74) is 3.95. The molecule has 0 bridgehead atoms. The number of aromatic nitrogens is 1. The number of ketones is 1. The second-order valence-electron chi connectivity index (χ2n) is 8.30. The molecule has 0 spiro atoms. The smallest absolute Gasteiger partial charge is 0.155 e. The van der Waals surface area contributed by atoms with Crippen molar-refractivity contribution in [2.24, 2.45) is 0 Å². The number of rotatable bonds is 1. The first-order valence-corrected chi connectivity index (χ1v) is 10.1. The maximum Gasteiger partial charge on any atom is 0.155 e. The molecular formula is C27H23FIrNO2-. The molecule has 1 heterocycles. The fraction of sp³-hybridized carbons (Fsp3) is 0.185. The van der Waals surface area contributed by atoms with Gasteiger partial charge in [0.15, 0.2) is 5.78 Å². The molecule has 3 aromatic carbocycles. The van der Waals surface area contributed by atoms with Crippen LogP contribution in [0.25, 0.3) is 32.9 Å². The van der Waals surface area contributed by atoms with Crippen LogP contribution in [0.3, 0.4) is 0 Å². The number of allylic oxidation sites excluding steroid dienone is 2. The first kappa shape index (κ1) is 23.8. The van der Waals surface area contributed by atoms with Gasteiger partial charge in [0.1, 0.15) is 0 Å². The first-order valence-electron chi connectivity index (χ1n) is 10.1. The van der Waals surface area contributed by atoms with E-state index >= 15 is 0 Å². The van der Waals surface area contributed by atoms with E-state index in [1.165, 1.54) is 31.4 Å². The Labute approximate surface area is 200 Å². The van der Waals surface area contributed by atoms with Gasteiger partial charge < -0.3 is 5.11 Å². The third-order valence-corrected chi connectivity index (χ3v) is 5.62. The van der Waals surface area contributed by atoms with Gasteiger partial charge in [-0.25, -0.2) is 4.39 Å². The molecule has 32 heavy (non-hydrogen) atoms. The van der Waals surface area contributed by atoms with Crippen LogP contribution in [0.4, 0.5) is 4.39 Å². The molecule has 0 unspecified atom stereocenters. The van der Waals surface area contributed by atoms with Crippen LogP contribution in [0.1, 0.15) is 38.8 Å². The monoisotopic (exact) mass is 605 g/mol. The predicted octanol–water partition coefficient (Wildman–Crippen LogP) is 6.67. The zero-order valence-electron chi connectivity index (χ0n) is 18.3. The number of fused-ring (bicyclic) bond motifs is 4. The second-order valence-corrected chi connectivity index (χ2v) is 8.30. The van der Waals surface area contributed by atoms with Gasteiger partial charge in [-0.05, 0) is 47.4 Å². The fourth-order valence-corrected chi connectivity index (χ4v) is 4.41. The molecule has 1 radical (unpaired) electrons. The summed E-state index contributed by atoms with van der Waals surface area (Å²) in [7, 11) is 0. The Hall–Kier alpha value is -2.88. The number of aliphatic hydroxyl groups excluding tert-OH is 1. The van der Waals surface area contributed by atoms with Crippen LogP contribution in [0, 0.1) is 11.9 Å². The normalized spacial score (nSPS) is 13.6. The first-order chi connectivity index (χ1) is 14.7. The number of aliphatic hydroxyl groups is 1. The number of hydrogen-bond acceptors (Lipinski definition) is 3. The van der Waals surface area contributed by atoms with Crippen molar-refractivity contribution in [2.45, 2.75) is 33.1 Å². The molecule has 165 valence electrons. The molecule has 5 heteroatoms. The van der Waals surface area contributed by atoms with Crippen LogP contribution >= 0.6 is 0 Å². The molecule has 5 rings (SSSR count). The largest absolute Gasteiger partial charge is 0.512 e. The second kappa shape index (κ2) is 8.93. The molecule has 1 aliphatic carbocycles. The van der Waals surface area contributed by atoms with E-state index in [1.54, 1.807) is 6.07 Å². The average Bonchev–Trinajstić information content (AvgIpc) is 2.71. The molecule has 0 aliphatic heterocycles. The van der Waals surface area contributed by atoms with Crippen LogP contribution in [-0.4, -0.2) is 15.9 Å². The predicted molar refractivity (Wildman–Crippen MR) is 123 cm³/mol. The number of pyridine rings is 1. The summed E-state index contributed by atoms with van der Waals surface area (Å²) in [5.74, 6) is -0.251. The van der Waals surface area contributed by atoms with Crippen molar-refractivity contribution < 1.29 is 34.4 Å². The number of halogens is 1. The molecule has 1 aliphatic rings. The molecule has 1 N–H and O–H groups in total. The maximum absolute atomic E-state index is 14.7. The Balaban J connectivity index is 0.000000318. The van der Waals surface area contributed by atoms with Crippen molar-refractivity contribution in [1.29, 1.82) is 0 Å². The van der Waals surface area contributed by atoms with Crippen LogP contribution in [0.5, 0.6) is 0 Å². The summed E-state index contributed by atoms with van der Waals surface area (Å²) >= 11 is 0. The summed E-state index contributed by atoms with van der Waals surface area (Å²) in [6, 6.07) is 20.8. The number of benzene rings is 3. The topological polar surface area (TPSA) is 50.2 Å². The molecule has 0 amide bonds. The van der Waals surface area contributed by atoms with Crippen molar-refractivity contribution in [2.75, 3.05) is 0 Å². The van der Waals surface area contributed by atoms with E-state index < -0.39 is 5.41 Å². The molecule has 0 atom stereocenters. The van der Waals surface area contributed by atoms with Gasteiger partial charge in [-0.1, -0.05) is 55.8 Å². The van der Waals surface area contributed by atoms with E-state index in [2.05, 4.69) is 44.2 Å². The SMILES string of the molecule is CC(=O)/C=C(/C)O.CC1(C)c2c([c-]ccc2F)-c2nc3ccccc3c3cccc1c23.[Ir]. The quantitative estimate of drug-likeness (QED) is 0.114. The van der Waals surface area contributed by atoms with Crippen LogP contribution in [-0.2, 0) is 30.3 Å². The van der Waals surface area contributed by atoms with Crippen LogP contribution < -0.4 is 0 Å². The molecule has 0 saturated carbocycles. The number of carbonyl (C=O) groups excluding carboxylic acids is 1. The molecule has 0 saturated heterocycles. The number of hydrogen-bond donors (Lipinski definition) is 1. The van der Waals surface area contributed by atoms with E-state index in [9.17, 15) is 9.18 Å². The minimum absolute atomic E-state index is 0. The van der Waals surface area contributed by atoms with E-state index in [0.717, 1.165) is 33.1 Å². The number of carbonyl (C=O) groups is 1. The van der Waals surface area contributed by atoms with Crippen molar-refractivity contribution in [1.82, 2.24) is 4.98 Å². The fourth-order valence-electron chi connectivity index (χ4n) is 4.41. The molecular weight excluding hydrogens is 582 g/mol. The summed E-state index contributed by atoms with van der Waals surface area (Å²) in [5, 5.41) is 11.8. The zero-order valence-corrected chi connectivity index (χ0v) is 20.7. The number of nitrogens with zero attached hydrogens (tertiary/aromatic N) is 1. The molecule has 4 aromatic rings. The van der Waals surface area contributed by atoms with E-state index in [4.69, 9.17) is 10.1 Å². The Bertz CT molecular complexity index is 1370. The average molecular weight is 605 g/mol. The van der Waals surface area contributed by atoms with Crippen molar-refractivity contribution in [3.8, 4) is 11.3 Å². The van der Waals surface area contributed by atoms with E-state index in [-0.39, 0.29) is 37.5 Å². The van der Waals surface area contributed by atoms with Gasteiger partial charge in [0, 0.05) is 37.4 Å². The molecule has 3 nitrogen and oxygen atoms in total. The summed E-state index contributed by atoms with van der Waals surface area (Å²) in [6.45, 7) is 7.01. The third-order valence-electron chi connectivity index (χ3n) is 5.62. The van der Waals surface area contributed by atoms with Gasteiger partial charge in [0.25, 0.3) is 0 Å². The summed E-state index contributed by atoms with van der Waals surface area (Å²) < 4.78 is 14.7. The zero-order chi connectivity index (χ0) is 22.3. The number of para-hydroxylation sites is 1. The summed E-state index contributed by atoms with van der Waals surface area (Å²) in [6.07, 6.45) is 1.17. The van der Waals surface area contributed by atoms with Crippen molar-refractivity contribution in [3.63, 3.8) is 0 Å². The Morgan fingerprint density at radius 2 is 1.75 bits per heavy atom. The van der Waals surface area contributed by atoms with Gasteiger partial charge >= 0.3 is 0 Å². The Kier molecular flexibility index (Phi) is 6.64. The van der Waals surface area contributed by atoms with Gasteiger partial charge in [0.2, 0.25) is 0 Å². The van der Waals surface area contributed by atoms with Gasteiger partial charge in [-0.3, -0.25) is 9.78 Å². The minimum Gasteiger partial charge on any atom is -0.512 e.